The van der Waals surface area contributed by atoms with Crippen LogP contribution >= 0.6 is 33.6 Å². The smallest absolute Gasteiger partial charge is 0.211 e. The molecule has 6 heteroatoms. The van der Waals surface area contributed by atoms with Crippen molar-refractivity contribution in [1.82, 2.24) is 0 Å². The highest BCUT2D eigenvalue weighted by Gasteiger charge is 2.35. The van der Waals surface area contributed by atoms with Crippen LogP contribution in [0, 0.1) is 0 Å². The van der Waals surface area contributed by atoms with Gasteiger partial charge in [0, 0.05) is 15.6 Å². The molecule has 1 heterocycles. The molecule has 0 spiro atoms. The van der Waals surface area contributed by atoms with Crippen molar-refractivity contribution in [3.05, 3.63) is 21.3 Å². The molecule has 74 valence electrons. The maximum Gasteiger partial charge on any atom is 0.242 e. The molecule has 0 aromatic carbocycles. The van der Waals surface area contributed by atoms with Crippen molar-refractivity contribution in [2.75, 3.05) is 0 Å². The first-order valence-corrected chi connectivity index (χ1v) is 6.95. The van der Waals surface area contributed by atoms with Crippen LogP contribution in [0.25, 0.3) is 0 Å². The van der Waals surface area contributed by atoms with Crippen molar-refractivity contribution < 1.29 is 8.42 Å². The quantitative estimate of drug-likeness (QED) is 0.764. The third-order valence-corrected chi connectivity index (χ3v) is 6.06. The highest BCUT2D eigenvalue weighted by molar-refractivity contribution is 8.14. The van der Waals surface area contributed by atoms with Gasteiger partial charge in [-0.3, -0.25) is 0 Å². The molecular weight excluding hydrogens is 251 g/mol. The van der Waals surface area contributed by atoms with Crippen molar-refractivity contribution >= 4 is 42.7 Å². The summed E-state index contributed by atoms with van der Waals surface area (Å²) in [5.41, 5.74) is 0. The predicted molar refractivity (Wildman–Crippen MR) is 57.1 cm³/mol. The van der Waals surface area contributed by atoms with Gasteiger partial charge in [0.05, 0.1) is 4.34 Å². The second-order valence-corrected chi connectivity index (χ2v) is 7.88. The standard InChI is InChI=1S/C7H8Cl2O2S2/c1-7(2,13(9,10)11)5-3-4-6(8)12-5/h3-4H,1-2H3. The second kappa shape index (κ2) is 3.42. The van der Waals surface area contributed by atoms with Crippen molar-refractivity contribution in [2.24, 2.45) is 0 Å². The molecule has 0 aliphatic carbocycles. The van der Waals surface area contributed by atoms with Crippen molar-refractivity contribution in [3.63, 3.8) is 0 Å². The van der Waals surface area contributed by atoms with Gasteiger partial charge in [0.25, 0.3) is 0 Å². The number of thiophene rings is 1. The fourth-order valence-electron chi connectivity index (χ4n) is 0.758. The van der Waals surface area contributed by atoms with Crippen LogP contribution in [0.2, 0.25) is 4.34 Å². The van der Waals surface area contributed by atoms with Gasteiger partial charge in [0.1, 0.15) is 4.75 Å². The minimum absolute atomic E-state index is 0.559. The van der Waals surface area contributed by atoms with Crippen LogP contribution in [-0.4, -0.2) is 8.42 Å². The Morgan fingerprint density at radius 3 is 2.23 bits per heavy atom. The maximum atomic E-state index is 11.2. The molecule has 13 heavy (non-hydrogen) atoms. The Morgan fingerprint density at radius 1 is 1.38 bits per heavy atom. The van der Waals surface area contributed by atoms with E-state index >= 15 is 0 Å². The average Bonchev–Trinajstić information content (AvgIpc) is 2.33. The summed E-state index contributed by atoms with van der Waals surface area (Å²) in [5, 5.41) is 0. The van der Waals surface area contributed by atoms with Gasteiger partial charge in [0.15, 0.2) is 0 Å². The number of halogens is 2. The van der Waals surface area contributed by atoms with E-state index in [9.17, 15) is 8.42 Å². The normalized spacial score (nSPS) is 13.2. The largest absolute Gasteiger partial charge is 0.242 e. The molecule has 0 fully saturated rings. The molecule has 0 radical (unpaired) electrons. The van der Waals surface area contributed by atoms with Gasteiger partial charge in [-0.05, 0) is 26.0 Å². The Morgan fingerprint density at radius 2 is 1.92 bits per heavy atom. The molecule has 0 saturated carbocycles. The van der Waals surface area contributed by atoms with Gasteiger partial charge in [0.2, 0.25) is 9.05 Å². The molecule has 0 amide bonds. The lowest BCUT2D eigenvalue weighted by Gasteiger charge is -2.18. The summed E-state index contributed by atoms with van der Waals surface area (Å²) >= 11 is 6.92. The van der Waals surface area contributed by atoms with Crippen molar-refractivity contribution in [1.29, 1.82) is 0 Å². The zero-order valence-corrected chi connectivity index (χ0v) is 10.2. The lowest BCUT2D eigenvalue weighted by Crippen LogP contribution is -2.23. The zero-order chi connectivity index (χ0) is 10.3. The van der Waals surface area contributed by atoms with E-state index in [0.29, 0.717) is 9.21 Å². The molecule has 0 aliphatic rings. The molecule has 1 aromatic rings. The first-order chi connectivity index (χ1) is 5.75. The average molecular weight is 259 g/mol. The highest BCUT2D eigenvalue weighted by Crippen LogP contribution is 2.38. The van der Waals surface area contributed by atoms with Gasteiger partial charge in [-0.25, -0.2) is 8.42 Å². The summed E-state index contributed by atoms with van der Waals surface area (Å²) in [5.74, 6) is 0. The van der Waals surface area contributed by atoms with Gasteiger partial charge < -0.3 is 0 Å². The van der Waals surface area contributed by atoms with Crippen LogP contribution in [0.15, 0.2) is 12.1 Å². The summed E-state index contributed by atoms with van der Waals surface area (Å²) in [6.07, 6.45) is 0. The predicted octanol–water partition coefficient (Wildman–Crippen LogP) is 3.21. The van der Waals surface area contributed by atoms with Gasteiger partial charge in [-0.1, -0.05) is 11.6 Å². The van der Waals surface area contributed by atoms with E-state index in [1.807, 2.05) is 0 Å². The van der Waals surface area contributed by atoms with Crippen LogP contribution < -0.4 is 0 Å². The minimum atomic E-state index is -3.62. The zero-order valence-electron chi connectivity index (χ0n) is 7.04. The fourth-order valence-corrected chi connectivity index (χ4v) is 2.95. The van der Waals surface area contributed by atoms with Crippen LogP contribution in [0.4, 0.5) is 0 Å². The van der Waals surface area contributed by atoms with E-state index in [1.165, 1.54) is 11.3 Å². The van der Waals surface area contributed by atoms with Crippen LogP contribution in [0.1, 0.15) is 18.7 Å². The fraction of sp³-hybridized carbons (Fsp3) is 0.429. The van der Waals surface area contributed by atoms with Gasteiger partial charge >= 0.3 is 0 Å². The van der Waals surface area contributed by atoms with Gasteiger partial charge in [-0.15, -0.1) is 11.3 Å². The highest BCUT2D eigenvalue weighted by atomic mass is 35.7. The monoisotopic (exact) mass is 258 g/mol. The van der Waals surface area contributed by atoms with E-state index in [2.05, 4.69) is 0 Å². The Kier molecular flexibility index (Phi) is 2.98. The lowest BCUT2D eigenvalue weighted by molar-refractivity contribution is 0.573. The first-order valence-electron chi connectivity index (χ1n) is 3.45. The Bertz CT molecular complexity index is 406. The maximum absolute atomic E-state index is 11.2. The third kappa shape index (κ3) is 2.18. The minimum Gasteiger partial charge on any atom is -0.211 e. The molecule has 0 saturated heterocycles. The summed E-state index contributed by atoms with van der Waals surface area (Å²) in [7, 11) is 1.69. The van der Waals surface area contributed by atoms with Crippen molar-refractivity contribution in [3.8, 4) is 0 Å². The summed E-state index contributed by atoms with van der Waals surface area (Å²) in [6.45, 7) is 3.11. The second-order valence-electron chi connectivity index (χ2n) is 3.05. The molecule has 1 aromatic heterocycles. The molecule has 0 atom stereocenters. The van der Waals surface area contributed by atoms with E-state index in [4.69, 9.17) is 22.3 Å². The lowest BCUT2D eigenvalue weighted by atomic mass is 10.2. The SMILES string of the molecule is CC(C)(c1ccc(Cl)s1)S(=O)(=O)Cl. The molecule has 0 N–H and O–H groups in total. The van der Waals surface area contributed by atoms with Crippen LogP contribution in [-0.2, 0) is 13.8 Å². The number of hydrogen-bond acceptors (Lipinski definition) is 3. The van der Waals surface area contributed by atoms with Crippen molar-refractivity contribution in [2.45, 2.75) is 18.6 Å². The molecule has 0 unspecified atom stereocenters. The first kappa shape index (κ1) is 11.3. The van der Waals surface area contributed by atoms with Crippen LogP contribution in [0.3, 0.4) is 0 Å². The van der Waals surface area contributed by atoms with Gasteiger partial charge in [-0.2, -0.15) is 0 Å². The Hall–Kier alpha value is 0.230. The Labute approximate surface area is 90.9 Å². The Balaban J connectivity index is 3.23. The third-order valence-electron chi connectivity index (χ3n) is 1.78. The molecule has 1 rings (SSSR count). The summed E-state index contributed by atoms with van der Waals surface area (Å²) in [6, 6.07) is 3.33. The molecular formula is C7H8Cl2O2S2. The molecule has 0 bridgehead atoms. The summed E-state index contributed by atoms with van der Waals surface area (Å²) in [4.78, 5) is 0.646. The topological polar surface area (TPSA) is 34.1 Å². The molecule has 0 aliphatic heterocycles. The van der Waals surface area contributed by atoms with Crippen LogP contribution in [0.5, 0.6) is 0 Å². The van der Waals surface area contributed by atoms with E-state index in [0.717, 1.165) is 0 Å². The summed E-state index contributed by atoms with van der Waals surface area (Å²) < 4.78 is 21.9. The molecule has 2 nitrogen and oxygen atoms in total. The number of rotatable bonds is 2. The van der Waals surface area contributed by atoms with E-state index < -0.39 is 13.8 Å². The van der Waals surface area contributed by atoms with E-state index in [-0.39, 0.29) is 0 Å². The van der Waals surface area contributed by atoms with E-state index in [1.54, 1.807) is 26.0 Å². The number of hydrogen-bond donors (Lipinski definition) is 0.